The number of likely N-dealkylation sites (tertiary alicyclic amines) is 1. The van der Waals surface area contributed by atoms with Crippen LogP contribution < -0.4 is 5.32 Å². The summed E-state index contributed by atoms with van der Waals surface area (Å²) in [7, 11) is 1.81. The van der Waals surface area contributed by atoms with E-state index in [0.29, 0.717) is 25.0 Å². The quantitative estimate of drug-likeness (QED) is 0.815. The van der Waals surface area contributed by atoms with Gasteiger partial charge in [-0.25, -0.2) is 0 Å². The van der Waals surface area contributed by atoms with Crippen LogP contribution in [0, 0.1) is 0 Å². The van der Waals surface area contributed by atoms with Crippen LogP contribution in [0.25, 0.3) is 0 Å². The summed E-state index contributed by atoms with van der Waals surface area (Å²) in [6, 6.07) is 2.47. The summed E-state index contributed by atoms with van der Waals surface area (Å²) < 4.78 is 4.24. The van der Waals surface area contributed by atoms with Crippen LogP contribution in [-0.4, -0.2) is 62.0 Å². The summed E-state index contributed by atoms with van der Waals surface area (Å²) in [6.07, 6.45) is 8.07. The maximum atomic E-state index is 12.0. The smallest absolute Gasteiger partial charge is 0.236 e. The van der Waals surface area contributed by atoms with Gasteiger partial charge in [0.15, 0.2) is 5.82 Å². The van der Waals surface area contributed by atoms with Gasteiger partial charge in [-0.05, 0) is 38.8 Å². The summed E-state index contributed by atoms with van der Waals surface area (Å²) in [5, 5.41) is 16.2. The number of hydrogen-bond acceptors (Lipinski definition) is 5. The second-order valence-corrected chi connectivity index (χ2v) is 6.96. The molecule has 0 unspecified atom stereocenters. The van der Waals surface area contributed by atoms with Gasteiger partial charge in [0.1, 0.15) is 12.4 Å². The lowest BCUT2D eigenvalue weighted by molar-refractivity contribution is -0.131. The topological polar surface area (TPSA) is 80.9 Å². The van der Waals surface area contributed by atoms with Crippen LogP contribution in [0.3, 0.4) is 0 Å². The van der Waals surface area contributed by atoms with Gasteiger partial charge < -0.3 is 14.8 Å². The molecule has 1 N–H and O–H groups in total. The molecule has 0 bridgehead atoms. The van der Waals surface area contributed by atoms with E-state index in [0.717, 1.165) is 37.6 Å². The highest BCUT2D eigenvalue weighted by Gasteiger charge is 2.34. The number of likely N-dealkylation sites (N-methyl/N-ethyl adjacent to an activating group) is 1. The van der Waals surface area contributed by atoms with Crippen LogP contribution in [0.1, 0.15) is 49.3 Å². The molecule has 2 aromatic rings. The van der Waals surface area contributed by atoms with E-state index in [4.69, 9.17) is 0 Å². The van der Waals surface area contributed by atoms with Crippen molar-refractivity contribution in [2.75, 3.05) is 26.7 Å². The molecule has 4 rings (SSSR count). The molecule has 142 valence electrons. The number of carbonyl (C=O) groups is 1. The predicted molar refractivity (Wildman–Crippen MR) is 99.4 cm³/mol. The van der Waals surface area contributed by atoms with Gasteiger partial charge in [-0.15, -0.1) is 22.6 Å². The maximum Gasteiger partial charge on any atom is 0.236 e. The van der Waals surface area contributed by atoms with Gasteiger partial charge in [0.05, 0.1) is 6.54 Å². The lowest BCUT2D eigenvalue weighted by Crippen LogP contribution is -2.42. The molecule has 2 fully saturated rings. The van der Waals surface area contributed by atoms with Gasteiger partial charge >= 0.3 is 0 Å². The first-order chi connectivity index (χ1) is 12.3. The van der Waals surface area contributed by atoms with E-state index in [1.54, 1.807) is 6.20 Å². The Morgan fingerprint density at radius 1 is 1.23 bits per heavy atom. The van der Waals surface area contributed by atoms with E-state index in [1.165, 1.54) is 12.8 Å². The van der Waals surface area contributed by atoms with E-state index in [2.05, 4.69) is 25.2 Å². The Balaban J connectivity index is 0.00000196. The number of hydrogen-bond donors (Lipinski definition) is 1. The minimum atomic E-state index is 0. The van der Waals surface area contributed by atoms with Gasteiger partial charge in [-0.2, -0.15) is 5.10 Å². The Bertz CT molecular complexity index is 718. The lowest BCUT2D eigenvalue weighted by atomic mass is 9.95. The van der Waals surface area contributed by atoms with E-state index in [1.807, 2.05) is 28.9 Å². The van der Waals surface area contributed by atoms with Crippen molar-refractivity contribution < 1.29 is 4.79 Å². The van der Waals surface area contributed by atoms with Gasteiger partial charge in [0.25, 0.3) is 0 Å². The first-order valence-corrected chi connectivity index (χ1v) is 9.09. The van der Waals surface area contributed by atoms with E-state index in [9.17, 15) is 4.79 Å². The number of aromatic nitrogens is 5. The Morgan fingerprint density at radius 3 is 2.62 bits per heavy atom. The number of piperidine rings is 1. The molecule has 0 spiro atoms. The fourth-order valence-electron chi connectivity index (χ4n) is 3.64. The normalized spacial score (nSPS) is 18.0. The molecule has 1 saturated carbocycles. The molecule has 0 atom stereocenters. The van der Waals surface area contributed by atoms with Crippen LogP contribution in [-0.2, 0) is 11.3 Å². The standard InChI is InChI=1S/C17H25N7O.ClH/c1-18-11-16(25)22-9-5-13(6-10-22)17-21-20-15(24(17)14-3-4-14)12-23-8-2-7-19-23;/h2,7-8,13-14,18H,3-6,9-12H2,1H3;1H. The zero-order valence-corrected chi connectivity index (χ0v) is 15.9. The first-order valence-electron chi connectivity index (χ1n) is 9.09. The average molecular weight is 380 g/mol. The third-order valence-corrected chi connectivity index (χ3v) is 5.11. The molecule has 1 aliphatic carbocycles. The number of rotatable bonds is 6. The van der Waals surface area contributed by atoms with Crippen LogP contribution in [0.15, 0.2) is 18.5 Å². The molecular formula is C17H26ClN7O. The van der Waals surface area contributed by atoms with Gasteiger partial charge in [0, 0.05) is 37.4 Å². The van der Waals surface area contributed by atoms with Crippen molar-refractivity contribution in [3.63, 3.8) is 0 Å². The predicted octanol–water partition coefficient (Wildman–Crippen LogP) is 1.20. The molecule has 0 aromatic carbocycles. The lowest BCUT2D eigenvalue weighted by Gasteiger charge is -2.31. The second kappa shape index (κ2) is 8.18. The first kappa shape index (κ1) is 18.8. The Morgan fingerprint density at radius 2 is 2.00 bits per heavy atom. The second-order valence-electron chi connectivity index (χ2n) is 6.96. The van der Waals surface area contributed by atoms with E-state index >= 15 is 0 Å². The summed E-state index contributed by atoms with van der Waals surface area (Å²) in [6.45, 7) is 2.68. The Hall–Kier alpha value is -1.93. The number of halogens is 1. The van der Waals surface area contributed by atoms with E-state index in [-0.39, 0.29) is 18.3 Å². The number of amides is 1. The molecule has 1 saturated heterocycles. The fourth-order valence-corrected chi connectivity index (χ4v) is 3.64. The molecule has 0 radical (unpaired) electrons. The average Bonchev–Trinajstić information content (AvgIpc) is 3.17. The van der Waals surface area contributed by atoms with Crippen LogP contribution in [0.4, 0.5) is 0 Å². The van der Waals surface area contributed by atoms with Gasteiger partial charge in [0.2, 0.25) is 5.91 Å². The summed E-state index contributed by atoms with van der Waals surface area (Å²) in [4.78, 5) is 14.0. The minimum Gasteiger partial charge on any atom is -0.342 e. The van der Waals surface area contributed by atoms with Crippen molar-refractivity contribution in [2.24, 2.45) is 0 Å². The SMILES string of the molecule is CNCC(=O)N1CCC(c2nnc(Cn3cccn3)n2C2CC2)CC1.Cl. The van der Waals surface area contributed by atoms with Crippen molar-refractivity contribution in [3.05, 3.63) is 30.1 Å². The molecule has 1 amide bonds. The third kappa shape index (κ3) is 3.91. The molecule has 1 aliphatic heterocycles. The van der Waals surface area contributed by atoms with Crippen LogP contribution in [0.5, 0.6) is 0 Å². The van der Waals surface area contributed by atoms with Gasteiger partial charge in [-0.3, -0.25) is 9.48 Å². The highest BCUT2D eigenvalue weighted by molar-refractivity contribution is 5.85. The van der Waals surface area contributed by atoms with Gasteiger partial charge in [-0.1, -0.05) is 0 Å². The van der Waals surface area contributed by atoms with Crippen LogP contribution in [0.2, 0.25) is 0 Å². The maximum absolute atomic E-state index is 12.0. The number of nitrogens with zero attached hydrogens (tertiary/aromatic N) is 6. The van der Waals surface area contributed by atoms with Crippen molar-refractivity contribution in [2.45, 2.75) is 44.2 Å². The molecular weight excluding hydrogens is 354 g/mol. The van der Waals surface area contributed by atoms with Crippen molar-refractivity contribution in [1.82, 2.24) is 34.8 Å². The fraction of sp³-hybridized carbons (Fsp3) is 0.647. The number of nitrogens with one attached hydrogen (secondary N) is 1. The minimum absolute atomic E-state index is 0. The zero-order valence-electron chi connectivity index (χ0n) is 15.0. The monoisotopic (exact) mass is 379 g/mol. The summed E-state index contributed by atoms with van der Waals surface area (Å²) in [5.41, 5.74) is 0. The molecule has 2 aromatic heterocycles. The molecule has 8 nitrogen and oxygen atoms in total. The van der Waals surface area contributed by atoms with Crippen molar-refractivity contribution >= 4 is 18.3 Å². The van der Waals surface area contributed by atoms with Crippen LogP contribution >= 0.6 is 12.4 Å². The zero-order chi connectivity index (χ0) is 17.2. The molecule has 2 aliphatic rings. The molecule has 9 heteroatoms. The Labute approximate surface area is 159 Å². The Kier molecular flexibility index (Phi) is 5.93. The summed E-state index contributed by atoms with van der Waals surface area (Å²) >= 11 is 0. The molecule has 3 heterocycles. The highest BCUT2D eigenvalue weighted by Crippen LogP contribution is 2.39. The molecule has 26 heavy (non-hydrogen) atoms. The van der Waals surface area contributed by atoms with Crippen molar-refractivity contribution in [1.29, 1.82) is 0 Å². The van der Waals surface area contributed by atoms with E-state index < -0.39 is 0 Å². The summed E-state index contributed by atoms with van der Waals surface area (Å²) in [5.74, 6) is 2.67. The largest absolute Gasteiger partial charge is 0.342 e. The number of carbonyl (C=O) groups excluding carboxylic acids is 1. The highest BCUT2D eigenvalue weighted by atomic mass is 35.5. The van der Waals surface area contributed by atoms with Crippen molar-refractivity contribution in [3.8, 4) is 0 Å². The third-order valence-electron chi connectivity index (χ3n) is 5.11.